The van der Waals surface area contributed by atoms with E-state index in [9.17, 15) is 4.79 Å². The first-order valence-corrected chi connectivity index (χ1v) is 5.69. The zero-order chi connectivity index (χ0) is 12.8. The lowest BCUT2D eigenvalue weighted by atomic mass is 10.2. The Morgan fingerprint density at radius 1 is 1.44 bits per heavy atom. The van der Waals surface area contributed by atoms with Crippen molar-refractivity contribution in [1.29, 1.82) is 0 Å². The second-order valence-electron chi connectivity index (χ2n) is 4.13. The van der Waals surface area contributed by atoms with Gasteiger partial charge in [-0.15, -0.1) is 0 Å². The molecule has 0 radical (unpaired) electrons. The molecule has 0 spiro atoms. The first-order valence-electron chi connectivity index (χ1n) is 5.69. The number of aromatic nitrogens is 2. The van der Waals surface area contributed by atoms with Gasteiger partial charge in [0.25, 0.3) is 0 Å². The molecule has 0 saturated carbocycles. The van der Waals surface area contributed by atoms with E-state index in [1.54, 1.807) is 12.4 Å². The molecular formula is C12H22N2O2. The Kier molecular flexibility index (Phi) is 5.78. The Morgan fingerprint density at radius 2 is 2.00 bits per heavy atom. The highest BCUT2D eigenvalue weighted by Crippen LogP contribution is 2.09. The van der Waals surface area contributed by atoms with Crippen LogP contribution in [0.3, 0.4) is 0 Å². The average Bonchev–Trinajstić information content (AvgIpc) is 2.66. The molecule has 0 amide bonds. The van der Waals surface area contributed by atoms with E-state index < -0.39 is 11.7 Å². The van der Waals surface area contributed by atoms with E-state index in [4.69, 9.17) is 4.74 Å². The van der Waals surface area contributed by atoms with Gasteiger partial charge >= 0.3 is 6.09 Å². The van der Waals surface area contributed by atoms with Gasteiger partial charge in [0, 0.05) is 6.20 Å². The van der Waals surface area contributed by atoms with Gasteiger partial charge < -0.3 is 4.74 Å². The van der Waals surface area contributed by atoms with Crippen molar-refractivity contribution in [3.63, 3.8) is 0 Å². The molecule has 0 N–H and O–H groups in total. The summed E-state index contributed by atoms with van der Waals surface area (Å²) in [6.07, 6.45) is 3.79. The molecule has 4 heteroatoms. The van der Waals surface area contributed by atoms with Gasteiger partial charge in [0.05, 0.1) is 6.20 Å². The highest BCUT2D eigenvalue weighted by atomic mass is 16.6. The van der Waals surface area contributed by atoms with Crippen LogP contribution in [-0.2, 0) is 11.2 Å². The first kappa shape index (κ1) is 14.7. The Morgan fingerprint density at radius 3 is 2.38 bits per heavy atom. The average molecular weight is 226 g/mol. The SMILES string of the molecule is CC.CCc1cnn(C(=O)OC(C)(C)C)c1. The third-order valence-electron chi connectivity index (χ3n) is 1.62. The molecule has 16 heavy (non-hydrogen) atoms. The zero-order valence-electron chi connectivity index (χ0n) is 11.1. The van der Waals surface area contributed by atoms with E-state index in [1.807, 2.05) is 41.5 Å². The fraction of sp³-hybridized carbons (Fsp3) is 0.667. The van der Waals surface area contributed by atoms with Gasteiger partial charge in [-0.05, 0) is 32.8 Å². The largest absolute Gasteiger partial charge is 0.442 e. The van der Waals surface area contributed by atoms with E-state index in [-0.39, 0.29) is 0 Å². The second-order valence-corrected chi connectivity index (χ2v) is 4.13. The standard InChI is InChI=1S/C10H16N2O2.C2H6/c1-5-8-6-11-12(7-8)9(13)14-10(2,3)4;1-2/h6-7H,5H2,1-4H3;1-2H3. The quantitative estimate of drug-likeness (QED) is 0.738. The van der Waals surface area contributed by atoms with Crippen LogP contribution in [0.15, 0.2) is 12.4 Å². The highest BCUT2D eigenvalue weighted by molar-refractivity contribution is 5.69. The summed E-state index contributed by atoms with van der Waals surface area (Å²) in [4.78, 5) is 11.5. The maximum absolute atomic E-state index is 11.5. The molecular weight excluding hydrogens is 204 g/mol. The molecule has 0 atom stereocenters. The van der Waals surface area contributed by atoms with Gasteiger partial charge in [0.2, 0.25) is 0 Å². The molecule has 4 nitrogen and oxygen atoms in total. The molecule has 0 bridgehead atoms. The summed E-state index contributed by atoms with van der Waals surface area (Å²) < 4.78 is 6.37. The summed E-state index contributed by atoms with van der Waals surface area (Å²) >= 11 is 0. The molecule has 1 rings (SSSR count). The monoisotopic (exact) mass is 226 g/mol. The van der Waals surface area contributed by atoms with E-state index in [0.717, 1.165) is 12.0 Å². The normalized spacial score (nSPS) is 10.4. The van der Waals surface area contributed by atoms with Crippen LogP contribution >= 0.6 is 0 Å². The third-order valence-corrected chi connectivity index (χ3v) is 1.62. The van der Waals surface area contributed by atoms with Crippen LogP contribution in [0.25, 0.3) is 0 Å². The van der Waals surface area contributed by atoms with Gasteiger partial charge in [-0.2, -0.15) is 9.78 Å². The van der Waals surface area contributed by atoms with E-state index >= 15 is 0 Å². The summed E-state index contributed by atoms with van der Waals surface area (Å²) in [5.41, 5.74) is 0.547. The Bertz CT molecular complexity index is 324. The number of ether oxygens (including phenoxy) is 1. The van der Waals surface area contributed by atoms with Crippen LogP contribution < -0.4 is 0 Å². The van der Waals surface area contributed by atoms with Crippen molar-refractivity contribution in [2.45, 2.75) is 53.6 Å². The van der Waals surface area contributed by atoms with Crippen LogP contribution in [0, 0.1) is 0 Å². The van der Waals surface area contributed by atoms with Crippen molar-refractivity contribution in [3.05, 3.63) is 18.0 Å². The molecule has 0 aliphatic rings. The minimum absolute atomic E-state index is 0.433. The molecule has 0 aliphatic carbocycles. The second kappa shape index (κ2) is 6.30. The van der Waals surface area contributed by atoms with Crippen molar-refractivity contribution < 1.29 is 9.53 Å². The summed E-state index contributed by atoms with van der Waals surface area (Å²) in [6, 6.07) is 0. The minimum Gasteiger partial charge on any atom is -0.442 e. The Labute approximate surface area is 97.6 Å². The fourth-order valence-corrected chi connectivity index (χ4v) is 0.951. The predicted octanol–water partition coefficient (Wildman–Crippen LogP) is 3.25. The number of nitrogens with zero attached hydrogens (tertiary/aromatic N) is 2. The molecule has 1 heterocycles. The fourth-order valence-electron chi connectivity index (χ4n) is 0.951. The van der Waals surface area contributed by atoms with Crippen LogP contribution in [0.2, 0.25) is 0 Å². The maximum atomic E-state index is 11.5. The predicted molar refractivity (Wildman–Crippen MR) is 64.6 cm³/mol. The number of hydrogen-bond donors (Lipinski definition) is 0. The van der Waals surface area contributed by atoms with Gasteiger partial charge in [0.1, 0.15) is 5.60 Å². The Balaban J connectivity index is 0.00000106. The van der Waals surface area contributed by atoms with Gasteiger partial charge in [-0.3, -0.25) is 0 Å². The van der Waals surface area contributed by atoms with Crippen molar-refractivity contribution in [2.24, 2.45) is 0 Å². The lowest BCUT2D eigenvalue weighted by molar-refractivity contribution is 0.0514. The highest BCUT2D eigenvalue weighted by Gasteiger charge is 2.18. The number of carbonyl (C=O) groups excluding carboxylic acids is 1. The summed E-state index contributed by atoms with van der Waals surface area (Å²) in [5, 5.41) is 3.91. The molecule has 0 saturated heterocycles. The van der Waals surface area contributed by atoms with Gasteiger partial charge in [0.15, 0.2) is 0 Å². The summed E-state index contributed by atoms with van der Waals surface area (Å²) in [7, 11) is 0. The van der Waals surface area contributed by atoms with Crippen LogP contribution in [-0.4, -0.2) is 21.5 Å². The van der Waals surface area contributed by atoms with Crippen LogP contribution in [0.4, 0.5) is 4.79 Å². The molecule has 0 aromatic carbocycles. The van der Waals surface area contributed by atoms with E-state index in [2.05, 4.69) is 5.10 Å². The van der Waals surface area contributed by atoms with E-state index in [1.165, 1.54) is 4.68 Å². The Hall–Kier alpha value is -1.32. The molecule has 0 unspecified atom stereocenters. The number of rotatable bonds is 1. The van der Waals surface area contributed by atoms with Crippen LogP contribution in [0.5, 0.6) is 0 Å². The lowest BCUT2D eigenvalue weighted by Gasteiger charge is -2.18. The topological polar surface area (TPSA) is 44.1 Å². The van der Waals surface area contributed by atoms with Gasteiger partial charge in [-0.1, -0.05) is 20.8 Å². The number of hydrogen-bond acceptors (Lipinski definition) is 3. The maximum Gasteiger partial charge on any atom is 0.435 e. The zero-order valence-corrected chi connectivity index (χ0v) is 11.1. The third kappa shape index (κ3) is 4.96. The smallest absolute Gasteiger partial charge is 0.435 e. The van der Waals surface area contributed by atoms with Crippen molar-refractivity contribution in [2.75, 3.05) is 0 Å². The van der Waals surface area contributed by atoms with Crippen molar-refractivity contribution in [3.8, 4) is 0 Å². The molecule has 1 aromatic rings. The van der Waals surface area contributed by atoms with Crippen LogP contribution in [0.1, 0.15) is 47.1 Å². The van der Waals surface area contributed by atoms with E-state index in [0.29, 0.717) is 0 Å². The van der Waals surface area contributed by atoms with Gasteiger partial charge in [-0.25, -0.2) is 4.79 Å². The number of aryl methyl sites for hydroxylation is 1. The lowest BCUT2D eigenvalue weighted by Crippen LogP contribution is -2.27. The van der Waals surface area contributed by atoms with Crippen molar-refractivity contribution >= 4 is 6.09 Å². The molecule has 0 fully saturated rings. The number of carbonyl (C=O) groups is 1. The van der Waals surface area contributed by atoms with Crippen molar-refractivity contribution in [1.82, 2.24) is 9.78 Å². The summed E-state index contributed by atoms with van der Waals surface area (Å²) in [6.45, 7) is 11.5. The molecule has 0 aliphatic heterocycles. The molecule has 92 valence electrons. The molecule has 1 aromatic heterocycles. The first-order chi connectivity index (χ1) is 7.42. The summed E-state index contributed by atoms with van der Waals surface area (Å²) in [5.74, 6) is 0. The minimum atomic E-state index is -0.477.